The largest absolute Gasteiger partial charge is 0.358 e. The average Bonchev–Trinajstić information content (AvgIpc) is 3.09. The van der Waals surface area contributed by atoms with Crippen molar-refractivity contribution in [2.75, 3.05) is 31.1 Å². The molecule has 5 rings (SSSR count). The molecule has 0 amide bonds. The van der Waals surface area contributed by atoms with Crippen LogP contribution in [0.15, 0.2) is 41.4 Å². The minimum absolute atomic E-state index is 0.0950. The summed E-state index contributed by atoms with van der Waals surface area (Å²) in [7, 11) is -3.65. The molecule has 0 saturated carbocycles. The van der Waals surface area contributed by atoms with Gasteiger partial charge in [0.15, 0.2) is 5.78 Å². The number of nitrogens with one attached hydrogen (secondary N) is 1. The van der Waals surface area contributed by atoms with Gasteiger partial charge in [0.1, 0.15) is 5.82 Å². The summed E-state index contributed by atoms with van der Waals surface area (Å²) in [4.78, 5) is 22.9. The minimum atomic E-state index is -3.65. The first-order valence-corrected chi connectivity index (χ1v) is 12.4. The number of piperazine rings is 1. The van der Waals surface area contributed by atoms with E-state index in [0.29, 0.717) is 43.1 Å². The first-order chi connectivity index (χ1) is 15.2. The minimum Gasteiger partial charge on any atom is -0.358 e. The van der Waals surface area contributed by atoms with E-state index in [1.807, 2.05) is 31.2 Å². The molecule has 1 aliphatic heterocycles. The zero-order valence-corrected chi connectivity index (χ0v) is 19.5. The Morgan fingerprint density at radius 3 is 2.50 bits per heavy atom. The highest BCUT2D eigenvalue weighted by Crippen LogP contribution is 2.39. The number of hydrogen-bond donors (Lipinski definition) is 1. The van der Waals surface area contributed by atoms with Crippen LogP contribution in [-0.4, -0.2) is 54.7 Å². The van der Waals surface area contributed by atoms with E-state index in [9.17, 15) is 13.2 Å². The maximum Gasteiger partial charge on any atom is 0.243 e. The van der Waals surface area contributed by atoms with E-state index in [1.165, 1.54) is 0 Å². The molecule has 0 atom stereocenters. The number of fused-ring (bicyclic) bond motifs is 3. The molecule has 8 heteroatoms. The molecule has 1 fully saturated rings. The van der Waals surface area contributed by atoms with Gasteiger partial charge >= 0.3 is 0 Å². The van der Waals surface area contributed by atoms with E-state index < -0.39 is 10.0 Å². The predicted octanol–water partition coefficient (Wildman–Crippen LogP) is 3.54. The number of hydrogen-bond acceptors (Lipinski definition) is 5. The van der Waals surface area contributed by atoms with Crippen LogP contribution < -0.4 is 4.90 Å². The topological polar surface area (TPSA) is 86.4 Å². The van der Waals surface area contributed by atoms with Crippen LogP contribution in [-0.2, 0) is 16.4 Å². The number of ketones is 1. The maximum atomic E-state index is 13.5. The number of aromatic nitrogens is 2. The monoisotopic (exact) mass is 452 g/mol. The molecular weight excluding hydrogens is 424 g/mol. The number of anilines is 1. The van der Waals surface area contributed by atoms with Crippen LogP contribution in [0.5, 0.6) is 0 Å². The molecule has 1 aromatic carbocycles. The second-order valence-electron chi connectivity index (χ2n) is 9.66. The Morgan fingerprint density at radius 1 is 1.06 bits per heavy atom. The van der Waals surface area contributed by atoms with Crippen LogP contribution in [0.25, 0.3) is 10.9 Å². The highest BCUT2D eigenvalue weighted by atomic mass is 32.2. The molecule has 1 N–H and O–H groups in total. The zero-order valence-electron chi connectivity index (χ0n) is 18.7. The smallest absolute Gasteiger partial charge is 0.243 e. The average molecular weight is 453 g/mol. The SMILES string of the molecule is Cc1cc2c3c([nH]c2cc1S(=O)(=O)N1CCN(c2ccccn2)CC1)CC(C)(C)CC3=O. The summed E-state index contributed by atoms with van der Waals surface area (Å²) in [5.74, 6) is 0.995. The van der Waals surface area contributed by atoms with E-state index >= 15 is 0 Å². The van der Waals surface area contributed by atoms with Crippen molar-refractivity contribution in [1.82, 2.24) is 14.3 Å². The van der Waals surface area contributed by atoms with Crippen molar-refractivity contribution in [1.29, 1.82) is 0 Å². The summed E-state index contributed by atoms with van der Waals surface area (Å²) >= 11 is 0. The van der Waals surface area contributed by atoms with Gasteiger partial charge in [-0.1, -0.05) is 19.9 Å². The lowest BCUT2D eigenvalue weighted by molar-refractivity contribution is 0.0913. The van der Waals surface area contributed by atoms with Crippen LogP contribution in [0.4, 0.5) is 5.82 Å². The molecule has 2 aromatic heterocycles. The molecule has 3 aromatic rings. The summed E-state index contributed by atoms with van der Waals surface area (Å²) in [6.45, 7) is 7.99. The van der Waals surface area contributed by atoms with E-state index in [4.69, 9.17) is 0 Å². The van der Waals surface area contributed by atoms with Gasteiger partial charge in [-0.15, -0.1) is 0 Å². The third-order valence-electron chi connectivity index (χ3n) is 6.57. The number of aryl methyl sites for hydroxylation is 1. The molecule has 7 nitrogen and oxygen atoms in total. The number of benzene rings is 1. The van der Waals surface area contributed by atoms with Gasteiger partial charge in [-0.05, 0) is 48.6 Å². The van der Waals surface area contributed by atoms with Crippen LogP contribution in [0.2, 0.25) is 0 Å². The normalized spacial score (nSPS) is 19.3. The van der Waals surface area contributed by atoms with Crippen LogP contribution in [0.1, 0.15) is 41.9 Å². The van der Waals surface area contributed by atoms with E-state index in [1.54, 1.807) is 16.6 Å². The van der Waals surface area contributed by atoms with Crippen molar-refractivity contribution in [2.24, 2.45) is 5.41 Å². The molecule has 1 aliphatic carbocycles. The second-order valence-corrected chi connectivity index (χ2v) is 11.6. The number of Topliss-reactive ketones (excluding diaryl/α,β-unsaturated/α-hetero) is 1. The number of sulfonamides is 1. The molecular formula is C24H28N4O3S. The van der Waals surface area contributed by atoms with Gasteiger partial charge in [0.05, 0.1) is 4.90 Å². The molecule has 168 valence electrons. The summed E-state index contributed by atoms with van der Waals surface area (Å²) < 4.78 is 28.6. The lowest BCUT2D eigenvalue weighted by atomic mass is 9.76. The standard InChI is InChI=1S/C24H28N4O3S/c1-16-12-17-18(26-19-14-24(2,3)15-20(29)23(17)19)13-21(16)32(30,31)28-10-8-27(9-11-28)22-6-4-5-7-25-22/h4-7,12-13,26H,8-11,14-15H2,1-3H3. The van der Waals surface area contributed by atoms with Gasteiger partial charge in [0.25, 0.3) is 0 Å². The van der Waals surface area contributed by atoms with Crippen LogP contribution in [0, 0.1) is 12.3 Å². The Balaban J connectivity index is 1.45. The van der Waals surface area contributed by atoms with Gasteiger partial charge < -0.3 is 9.88 Å². The molecule has 0 spiro atoms. The Bertz CT molecular complexity index is 1300. The Kier molecular flexibility index (Phi) is 4.90. The molecule has 1 saturated heterocycles. The highest BCUT2D eigenvalue weighted by Gasteiger charge is 2.35. The van der Waals surface area contributed by atoms with Crippen molar-refractivity contribution < 1.29 is 13.2 Å². The number of rotatable bonds is 3. The molecule has 0 bridgehead atoms. The first-order valence-electron chi connectivity index (χ1n) is 11.0. The number of carbonyl (C=O) groups excluding carboxylic acids is 1. The maximum absolute atomic E-state index is 13.5. The van der Waals surface area contributed by atoms with Crippen molar-refractivity contribution in [3.8, 4) is 0 Å². The third kappa shape index (κ3) is 3.51. The Labute approximate surface area is 188 Å². The van der Waals surface area contributed by atoms with Crippen molar-refractivity contribution in [2.45, 2.75) is 38.5 Å². The van der Waals surface area contributed by atoms with Gasteiger partial charge in [0, 0.05) is 61.0 Å². The van der Waals surface area contributed by atoms with Gasteiger partial charge in [-0.2, -0.15) is 4.31 Å². The third-order valence-corrected chi connectivity index (χ3v) is 8.62. The summed E-state index contributed by atoms with van der Waals surface area (Å²) in [5.41, 5.74) is 2.94. The fourth-order valence-corrected chi connectivity index (χ4v) is 6.67. The number of H-pyrrole nitrogens is 1. The number of nitrogens with zero attached hydrogens (tertiary/aromatic N) is 3. The summed E-state index contributed by atoms with van der Waals surface area (Å²) in [5, 5.41) is 0.830. The van der Waals surface area contributed by atoms with Crippen LogP contribution >= 0.6 is 0 Å². The van der Waals surface area contributed by atoms with Gasteiger partial charge in [0.2, 0.25) is 10.0 Å². The lowest BCUT2D eigenvalue weighted by Crippen LogP contribution is -2.49. The number of pyridine rings is 1. The van der Waals surface area contributed by atoms with Gasteiger partial charge in [-0.3, -0.25) is 4.79 Å². The molecule has 2 aliphatic rings. The highest BCUT2D eigenvalue weighted by molar-refractivity contribution is 7.89. The van der Waals surface area contributed by atoms with E-state index in [2.05, 4.69) is 28.7 Å². The number of carbonyl (C=O) groups is 1. The molecule has 3 heterocycles. The summed E-state index contributed by atoms with van der Waals surface area (Å²) in [6.07, 6.45) is 3.03. The fourth-order valence-electron chi connectivity index (χ4n) is 5.02. The Hall–Kier alpha value is -2.71. The molecule has 32 heavy (non-hydrogen) atoms. The quantitative estimate of drug-likeness (QED) is 0.657. The van der Waals surface area contributed by atoms with Crippen molar-refractivity contribution in [3.05, 3.63) is 53.3 Å². The predicted molar refractivity (Wildman–Crippen MR) is 125 cm³/mol. The van der Waals surface area contributed by atoms with Crippen molar-refractivity contribution in [3.63, 3.8) is 0 Å². The van der Waals surface area contributed by atoms with Gasteiger partial charge in [-0.25, -0.2) is 13.4 Å². The van der Waals surface area contributed by atoms with Crippen LogP contribution in [0.3, 0.4) is 0 Å². The first kappa shape index (κ1) is 21.2. The van der Waals surface area contributed by atoms with E-state index in [-0.39, 0.29) is 11.2 Å². The number of aromatic amines is 1. The zero-order chi connectivity index (χ0) is 22.7. The lowest BCUT2D eigenvalue weighted by Gasteiger charge is -2.34. The summed E-state index contributed by atoms with van der Waals surface area (Å²) in [6, 6.07) is 9.32. The second kappa shape index (κ2) is 7.42. The molecule has 0 radical (unpaired) electrons. The molecule has 0 unspecified atom stereocenters. The van der Waals surface area contributed by atoms with E-state index in [0.717, 1.165) is 34.4 Å². The fraction of sp³-hybridized carbons (Fsp3) is 0.417. The Morgan fingerprint density at radius 2 is 1.81 bits per heavy atom. The van der Waals surface area contributed by atoms with Crippen molar-refractivity contribution >= 4 is 32.5 Å².